The van der Waals surface area contributed by atoms with Crippen LogP contribution in [-0.4, -0.2) is 43.4 Å². The number of rotatable bonds is 11. The van der Waals surface area contributed by atoms with Crippen LogP contribution in [0.5, 0.6) is 5.75 Å². The van der Waals surface area contributed by atoms with Crippen LogP contribution >= 0.6 is 11.6 Å². The molecule has 1 unspecified atom stereocenters. The summed E-state index contributed by atoms with van der Waals surface area (Å²) >= 11 is 6.01. The molecule has 194 valence electrons. The van der Waals surface area contributed by atoms with Crippen LogP contribution in [-0.2, 0) is 25.7 Å². The fourth-order valence-corrected chi connectivity index (χ4v) is 5.42. The summed E-state index contributed by atoms with van der Waals surface area (Å²) in [6.07, 6.45) is 1.04. The third-order valence-electron chi connectivity index (χ3n) is 5.36. The molecule has 2 aromatic carbocycles. The molecule has 0 aliphatic carbocycles. The zero-order valence-corrected chi connectivity index (χ0v) is 23.5. The fourth-order valence-electron chi connectivity index (χ4n) is 3.35. The van der Waals surface area contributed by atoms with E-state index in [0.29, 0.717) is 30.0 Å². The zero-order chi connectivity index (χ0) is 26.2. The Morgan fingerprint density at radius 1 is 1.09 bits per heavy atom. The largest absolute Gasteiger partial charge is 0.497 e. The molecule has 2 aromatic rings. The molecule has 0 saturated carbocycles. The summed E-state index contributed by atoms with van der Waals surface area (Å²) in [6, 6.07) is 13.0. The Bertz CT molecular complexity index is 1110. The first-order valence-corrected chi connectivity index (χ1v) is 14.4. The summed E-state index contributed by atoms with van der Waals surface area (Å²) in [5.74, 6) is 0.658. The number of hydrogen-bond donors (Lipinski definition) is 1. The van der Waals surface area contributed by atoms with Crippen molar-refractivity contribution >= 4 is 38.5 Å². The molecular formula is C25H35ClN2O5S2. The number of halogens is 1. The smallest absolute Gasteiger partial charge is 0.241 e. The highest BCUT2D eigenvalue weighted by Crippen LogP contribution is 2.32. The lowest BCUT2D eigenvalue weighted by Gasteiger charge is -2.29. The minimum atomic E-state index is -3.91. The molecule has 0 aromatic heterocycles. The van der Waals surface area contributed by atoms with Crippen LogP contribution in [0.15, 0.2) is 57.8 Å². The molecule has 3 atom stereocenters. The molecular weight excluding hydrogens is 508 g/mol. The van der Waals surface area contributed by atoms with Gasteiger partial charge >= 0.3 is 0 Å². The van der Waals surface area contributed by atoms with Crippen LogP contribution in [0, 0.1) is 12.8 Å². The van der Waals surface area contributed by atoms with E-state index < -0.39 is 37.7 Å². The molecule has 0 radical (unpaired) electrons. The average molecular weight is 543 g/mol. The lowest BCUT2D eigenvalue weighted by molar-refractivity contribution is 0.332. The van der Waals surface area contributed by atoms with E-state index in [-0.39, 0.29) is 10.8 Å². The van der Waals surface area contributed by atoms with Gasteiger partial charge in [0.25, 0.3) is 0 Å². The number of alkyl halides is 1. The second kappa shape index (κ2) is 12.9. The molecule has 7 nitrogen and oxygen atoms in total. The van der Waals surface area contributed by atoms with Crippen LogP contribution in [0.3, 0.4) is 0 Å². The van der Waals surface area contributed by atoms with Gasteiger partial charge in [-0.05, 0) is 70.4 Å². The first-order chi connectivity index (χ1) is 16.4. The quantitative estimate of drug-likeness (QED) is 0.240. The maximum absolute atomic E-state index is 13.4. The highest BCUT2D eigenvalue weighted by molar-refractivity contribution is 7.89. The highest BCUT2D eigenvalue weighted by atomic mass is 35.5. The monoisotopic (exact) mass is 542 g/mol. The molecule has 35 heavy (non-hydrogen) atoms. The third kappa shape index (κ3) is 8.31. The normalized spacial score (nSPS) is 15.3. The number of aryl methyl sites for hydroxylation is 1. The Labute approximate surface area is 216 Å². The lowest BCUT2D eigenvalue weighted by atomic mass is 9.90. The second-order valence-electron chi connectivity index (χ2n) is 9.12. The number of nitrogens with one attached hydrogen (secondary N) is 1. The van der Waals surface area contributed by atoms with E-state index >= 15 is 0 Å². The van der Waals surface area contributed by atoms with Crippen LogP contribution < -0.4 is 9.46 Å². The molecule has 0 amide bonds. The predicted molar refractivity (Wildman–Crippen MR) is 143 cm³/mol. The van der Waals surface area contributed by atoms with Crippen LogP contribution in [0.4, 0.5) is 0 Å². The van der Waals surface area contributed by atoms with Crippen LogP contribution in [0.25, 0.3) is 0 Å². The van der Waals surface area contributed by atoms with Gasteiger partial charge in [-0.2, -0.15) is 4.40 Å². The number of methoxy groups -OCH3 is 2. The summed E-state index contributed by atoms with van der Waals surface area (Å²) < 4.78 is 57.2. The van der Waals surface area contributed by atoms with E-state index in [2.05, 4.69) is 9.12 Å². The average Bonchev–Trinajstić information content (AvgIpc) is 2.82. The SMILES string of the molecule is CO/C(=N\S(=O)C(C)(C)C)[C@@H](CCCCl)[C@@H](NS(=O)(=O)c1ccc(C)cc1)c1ccc(OC)cc1. The van der Waals surface area contributed by atoms with Crippen molar-refractivity contribution in [3.63, 3.8) is 0 Å². The molecule has 0 bridgehead atoms. The summed E-state index contributed by atoms with van der Waals surface area (Å²) in [6.45, 7) is 7.33. The molecule has 0 spiro atoms. The minimum absolute atomic E-state index is 0.145. The van der Waals surface area contributed by atoms with E-state index in [1.165, 1.54) is 7.11 Å². The Hall–Kier alpha value is -1.94. The molecule has 10 heteroatoms. The molecule has 0 saturated heterocycles. The van der Waals surface area contributed by atoms with Crippen molar-refractivity contribution in [2.75, 3.05) is 20.1 Å². The Kier molecular flexibility index (Phi) is 10.8. The molecule has 0 heterocycles. The van der Waals surface area contributed by atoms with Gasteiger partial charge in [0.2, 0.25) is 15.9 Å². The third-order valence-corrected chi connectivity index (χ3v) is 8.48. The number of hydrogen-bond acceptors (Lipinski definition) is 5. The van der Waals surface area contributed by atoms with Crippen molar-refractivity contribution in [1.29, 1.82) is 0 Å². The van der Waals surface area contributed by atoms with Gasteiger partial charge < -0.3 is 9.47 Å². The standard InChI is InChI=1S/C25H35ClN2O5S2/c1-18-9-15-21(16-10-18)35(30,31)28-23(19-11-13-20(32-5)14-12-19)22(8-7-17-26)24(33-6)27-34(29)25(2,3)4/h9-16,22-23,28H,7-8,17H2,1-6H3/b27-24-/t22-,23-,34?/m0/s1. The van der Waals surface area contributed by atoms with E-state index in [0.717, 1.165) is 5.56 Å². The number of benzene rings is 2. The summed E-state index contributed by atoms with van der Waals surface area (Å²) in [4.78, 5) is 0.145. The zero-order valence-electron chi connectivity index (χ0n) is 21.1. The van der Waals surface area contributed by atoms with Gasteiger partial charge in [-0.3, -0.25) is 0 Å². The predicted octanol–water partition coefficient (Wildman–Crippen LogP) is 5.17. The van der Waals surface area contributed by atoms with Gasteiger partial charge in [0.1, 0.15) is 16.7 Å². The topological polar surface area (TPSA) is 94.1 Å². The van der Waals surface area contributed by atoms with Crippen molar-refractivity contribution < 1.29 is 22.1 Å². The van der Waals surface area contributed by atoms with Gasteiger partial charge in [-0.25, -0.2) is 17.3 Å². The van der Waals surface area contributed by atoms with Crippen molar-refractivity contribution in [1.82, 2.24) is 4.72 Å². The summed E-state index contributed by atoms with van der Waals surface area (Å²) in [7, 11) is -2.50. The Balaban J connectivity index is 2.63. The van der Waals surface area contributed by atoms with Crippen LogP contribution in [0.2, 0.25) is 0 Å². The van der Waals surface area contributed by atoms with Gasteiger partial charge in [0.15, 0.2) is 0 Å². The van der Waals surface area contributed by atoms with E-state index in [1.807, 2.05) is 27.7 Å². The molecule has 1 N–H and O–H groups in total. The van der Waals surface area contributed by atoms with Crippen molar-refractivity contribution in [3.05, 3.63) is 59.7 Å². The van der Waals surface area contributed by atoms with Crippen molar-refractivity contribution in [2.24, 2.45) is 10.3 Å². The molecule has 2 rings (SSSR count). The van der Waals surface area contributed by atoms with Crippen molar-refractivity contribution in [3.8, 4) is 5.75 Å². The first-order valence-electron chi connectivity index (χ1n) is 11.3. The maximum Gasteiger partial charge on any atom is 0.241 e. The molecule has 0 aliphatic heterocycles. The maximum atomic E-state index is 13.4. The number of sulfonamides is 1. The van der Waals surface area contributed by atoms with Crippen molar-refractivity contribution in [2.45, 2.75) is 56.2 Å². The fraction of sp³-hybridized carbons (Fsp3) is 0.480. The summed E-state index contributed by atoms with van der Waals surface area (Å²) in [5, 5.41) is 0. The minimum Gasteiger partial charge on any atom is -0.497 e. The summed E-state index contributed by atoms with van der Waals surface area (Å²) in [5.41, 5.74) is 1.64. The Morgan fingerprint density at radius 2 is 1.69 bits per heavy atom. The van der Waals surface area contributed by atoms with Gasteiger partial charge in [-0.1, -0.05) is 29.8 Å². The van der Waals surface area contributed by atoms with E-state index in [9.17, 15) is 12.6 Å². The molecule has 0 fully saturated rings. The van der Waals surface area contributed by atoms with Crippen LogP contribution in [0.1, 0.15) is 50.8 Å². The highest BCUT2D eigenvalue weighted by Gasteiger charge is 2.34. The van der Waals surface area contributed by atoms with E-state index in [4.69, 9.17) is 21.1 Å². The Morgan fingerprint density at radius 3 is 2.17 bits per heavy atom. The second-order valence-corrected chi connectivity index (χ2v) is 13.1. The van der Waals surface area contributed by atoms with Gasteiger partial charge in [0.05, 0.1) is 35.8 Å². The number of ether oxygens (including phenoxy) is 2. The van der Waals surface area contributed by atoms with Gasteiger partial charge in [-0.15, -0.1) is 11.6 Å². The lowest BCUT2D eigenvalue weighted by Crippen LogP contribution is -2.38. The first kappa shape index (κ1) is 29.3. The van der Waals surface area contributed by atoms with E-state index in [1.54, 1.807) is 55.6 Å². The van der Waals surface area contributed by atoms with Gasteiger partial charge in [0, 0.05) is 5.88 Å². The molecule has 0 aliphatic rings. The number of nitrogens with zero attached hydrogens (tertiary/aromatic N) is 1.